The molecule has 0 aromatic heterocycles. The van der Waals surface area contributed by atoms with Gasteiger partial charge in [0.25, 0.3) is 17.9 Å². The van der Waals surface area contributed by atoms with Gasteiger partial charge in [-0.2, -0.15) is 0 Å². The van der Waals surface area contributed by atoms with Gasteiger partial charge in [-0.05, 0) is 0 Å². The van der Waals surface area contributed by atoms with Crippen LogP contribution in [0.5, 0.6) is 0 Å². The Balaban J connectivity index is -0.0000000542. The molecule has 0 saturated heterocycles. The number of alkyl halides is 2. The third-order valence-electron chi connectivity index (χ3n) is 0. The molecule has 0 spiro atoms. The van der Waals surface area contributed by atoms with Crippen LogP contribution in [0.2, 0.25) is 0 Å². The van der Waals surface area contributed by atoms with Crippen LogP contribution in [0.4, 0.5) is 0 Å². The molecule has 8 heteroatoms. The van der Waals surface area contributed by atoms with Gasteiger partial charge in [-0.25, -0.2) is 0 Å². The second-order valence-electron chi connectivity index (χ2n) is 1.66. The lowest BCUT2D eigenvalue weighted by atomic mass is 10.9. The van der Waals surface area contributed by atoms with Crippen molar-refractivity contribution in [1.29, 1.82) is 0 Å². The Kier molecular flexibility index (Phi) is 36.4. The van der Waals surface area contributed by atoms with Crippen molar-refractivity contribution in [2.24, 2.45) is 0 Å². The highest BCUT2D eigenvalue weighted by Gasteiger charge is 1.66. The summed E-state index contributed by atoms with van der Waals surface area (Å²) in [7, 11) is 0. The van der Waals surface area contributed by atoms with Gasteiger partial charge in [0, 0.05) is 20.8 Å². The van der Waals surface area contributed by atoms with Crippen LogP contribution in [-0.4, -0.2) is 38.6 Å². The Morgan fingerprint density at radius 3 is 0.800 bits per heavy atom. The van der Waals surface area contributed by atoms with Crippen molar-refractivity contribution in [3.8, 4) is 0 Å². The lowest BCUT2D eigenvalue weighted by molar-refractivity contribution is -0.135. The van der Waals surface area contributed by atoms with Crippen LogP contribution in [0.25, 0.3) is 0 Å². The summed E-state index contributed by atoms with van der Waals surface area (Å²) in [5, 5.41) is 22.4. The molecule has 15 heavy (non-hydrogen) atoms. The Morgan fingerprint density at radius 2 is 0.800 bits per heavy atom. The van der Waals surface area contributed by atoms with Gasteiger partial charge in [-0.1, -0.05) is 0 Å². The highest BCUT2D eigenvalue weighted by atomic mass is 35.5. The molecule has 0 atom stereocenters. The van der Waals surface area contributed by atoms with E-state index in [0.717, 1.165) is 20.8 Å². The van der Waals surface area contributed by atoms with E-state index in [1.54, 1.807) is 0 Å². The quantitative estimate of drug-likeness (QED) is 0.574. The molecular weight excluding hydrogens is 251 g/mol. The van der Waals surface area contributed by atoms with Crippen LogP contribution in [0, 0.1) is 0 Å². The Labute approximate surface area is 97.4 Å². The molecule has 0 aliphatic carbocycles. The van der Waals surface area contributed by atoms with Gasteiger partial charge in [0.1, 0.15) is 0 Å². The first-order chi connectivity index (χ1) is 6.61. The number of hydrogen-bond acceptors (Lipinski definition) is 3. The number of carboxylic acids is 3. The number of hydrogen-bond donors (Lipinski definition) is 3. The van der Waals surface area contributed by atoms with Crippen molar-refractivity contribution in [2.45, 2.75) is 20.8 Å². The van der Waals surface area contributed by atoms with E-state index in [1.807, 2.05) is 0 Å². The van der Waals surface area contributed by atoms with Crippen LogP contribution in [0.15, 0.2) is 0 Å². The van der Waals surface area contributed by atoms with Crippen molar-refractivity contribution in [3.63, 3.8) is 0 Å². The van der Waals surface area contributed by atoms with Crippen molar-refractivity contribution in [3.05, 3.63) is 0 Å². The second kappa shape index (κ2) is 23.1. The maximum Gasteiger partial charge on any atom is 0.300 e. The molecule has 92 valence electrons. The van der Waals surface area contributed by atoms with Gasteiger partial charge < -0.3 is 15.3 Å². The van der Waals surface area contributed by atoms with Gasteiger partial charge >= 0.3 is 0 Å². The number of halogens is 2. The monoisotopic (exact) mass is 264 g/mol. The smallest absolute Gasteiger partial charge is 0.300 e. The topological polar surface area (TPSA) is 112 Å². The molecule has 0 radical (unpaired) electrons. The molecule has 3 N–H and O–H groups in total. The lowest BCUT2D eigenvalue weighted by Gasteiger charge is -1.59. The standard InChI is InChI=1S/3C2H4O2.CH2Cl2/c3*1-2(3)4;2-1-3/h3*1H3,(H,3,4);1H2. The summed E-state index contributed by atoms with van der Waals surface area (Å²) in [6.07, 6.45) is 0. The van der Waals surface area contributed by atoms with Crippen LogP contribution < -0.4 is 0 Å². The predicted molar refractivity (Wildman–Crippen MR) is 56.5 cm³/mol. The average Bonchev–Trinajstić information content (AvgIpc) is 1.81. The summed E-state index contributed by atoms with van der Waals surface area (Å²) in [5.74, 6) is -2.50. The van der Waals surface area contributed by atoms with E-state index in [-0.39, 0.29) is 5.34 Å². The fourth-order valence-corrected chi connectivity index (χ4v) is 0. The van der Waals surface area contributed by atoms with Gasteiger partial charge in [0.2, 0.25) is 0 Å². The molecule has 0 rings (SSSR count). The molecule has 0 fully saturated rings. The first-order valence-electron chi connectivity index (χ1n) is 3.32. The SMILES string of the molecule is CC(=O)O.CC(=O)O.CC(=O)O.ClCCl. The normalized spacial score (nSPS) is 6.20. The molecule has 0 aliphatic heterocycles. The van der Waals surface area contributed by atoms with Crippen LogP contribution >= 0.6 is 23.2 Å². The first kappa shape index (κ1) is 23.7. The van der Waals surface area contributed by atoms with E-state index >= 15 is 0 Å². The second-order valence-corrected chi connectivity index (χ2v) is 2.47. The van der Waals surface area contributed by atoms with Crippen molar-refractivity contribution >= 4 is 41.1 Å². The lowest BCUT2D eigenvalue weighted by Crippen LogP contribution is -1.78. The maximum absolute atomic E-state index is 9.00. The number of rotatable bonds is 0. The number of carbonyl (C=O) groups is 3. The Morgan fingerprint density at radius 1 is 0.800 bits per heavy atom. The largest absolute Gasteiger partial charge is 0.481 e. The zero-order valence-electron chi connectivity index (χ0n) is 8.53. The first-order valence-corrected chi connectivity index (χ1v) is 4.39. The van der Waals surface area contributed by atoms with E-state index in [1.165, 1.54) is 0 Å². The van der Waals surface area contributed by atoms with Crippen molar-refractivity contribution in [1.82, 2.24) is 0 Å². The van der Waals surface area contributed by atoms with Gasteiger partial charge in [-0.3, -0.25) is 14.4 Å². The molecule has 0 saturated carbocycles. The highest BCUT2D eigenvalue weighted by Crippen LogP contribution is 1.73. The van der Waals surface area contributed by atoms with E-state index in [4.69, 9.17) is 52.9 Å². The molecule has 0 aliphatic rings. The van der Waals surface area contributed by atoms with Crippen molar-refractivity contribution < 1.29 is 29.7 Å². The van der Waals surface area contributed by atoms with Crippen LogP contribution in [-0.2, 0) is 14.4 Å². The van der Waals surface area contributed by atoms with E-state index in [9.17, 15) is 0 Å². The zero-order valence-corrected chi connectivity index (χ0v) is 10.0. The molecule has 6 nitrogen and oxygen atoms in total. The molecular formula is C7H14Cl2O6. The van der Waals surface area contributed by atoms with Gasteiger partial charge in [0.15, 0.2) is 0 Å². The summed E-state index contributed by atoms with van der Waals surface area (Å²) in [5.41, 5.74) is 0. The average molecular weight is 265 g/mol. The third kappa shape index (κ3) is 1540. The minimum Gasteiger partial charge on any atom is -0.481 e. The molecule has 0 aromatic carbocycles. The Hall–Kier alpha value is -1.01. The van der Waals surface area contributed by atoms with E-state index < -0.39 is 17.9 Å². The van der Waals surface area contributed by atoms with Crippen LogP contribution in [0.1, 0.15) is 20.8 Å². The molecule has 0 bridgehead atoms. The maximum atomic E-state index is 9.00. The highest BCUT2D eigenvalue weighted by molar-refractivity contribution is 6.40. The van der Waals surface area contributed by atoms with Crippen LogP contribution in [0.3, 0.4) is 0 Å². The summed E-state index contributed by atoms with van der Waals surface area (Å²) in [6, 6.07) is 0. The summed E-state index contributed by atoms with van der Waals surface area (Å²) < 4.78 is 0. The summed E-state index contributed by atoms with van der Waals surface area (Å²) in [4.78, 5) is 27.0. The third-order valence-corrected chi connectivity index (χ3v) is 0. The molecule has 0 heterocycles. The molecule has 0 amide bonds. The minimum atomic E-state index is -0.833. The number of carboxylic acid groups (broad SMARTS) is 3. The molecule has 0 unspecified atom stereocenters. The van der Waals surface area contributed by atoms with Gasteiger partial charge in [0.05, 0.1) is 5.34 Å². The Bertz CT molecular complexity index is 130. The fraction of sp³-hybridized carbons (Fsp3) is 0.571. The van der Waals surface area contributed by atoms with Gasteiger partial charge in [-0.15, -0.1) is 23.2 Å². The summed E-state index contributed by atoms with van der Waals surface area (Å²) >= 11 is 9.53. The van der Waals surface area contributed by atoms with Crippen molar-refractivity contribution in [2.75, 3.05) is 5.34 Å². The fourth-order valence-electron chi connectivity index (χ4n) is 0. The zero-order chi connectivity index (χ0) is 13.4. The predicted octanol–water partition coefficient (Wildman–Crippen LogP) is 1.69. The van der Waals surface area contributed by atoms with E-state index in [0.29, 0.717) is 0 Å². The minimum absolute atomic E-state index is 0.194. The number of aliphatic carboxylic acids is 3. The van der Waals surface area contributed by atoms with E-state index in [2.05, 4.69) is 0 Å². The molecule has 0 aromatic rings. The summed E-state index contributed by atoms with van der Waals surface area (Å²) in [6.45, 7) is 3.25.